The average Bonchev–Trinajstić information content (AvgIpc) is 2.67. The molecule has 1 aliphatic carbocycles. The molecule has 0 N–H and O–H groups in total. The van der Waals surface area contributed by atoms with Gasteiger partial charge in [-0.1, -0.05) is 44.0 Å². The third-order valence-electron chi connectivity index (χ3n) is 2.14. The van der Waals surface area contributed by atoms with E-state index in [1.807, 2.05) is 0 Å². The molecule has 74 valence electrons. The topological polar surface area (TPSA) is 43.1 Å². The van der Waals surface area contributed by atoms with Crippen molar-refractivity contribution in [3.05, 3.63) is 39.9 Å². The summed E-state index contributed by atoms with van der Waals surface area (Å²) in [6.07, 6.45) is 0.651. The molecule has 1 aromatic rings. The molecule has 1 aliphatic rings. The van der Waals surface area contributed by atoms with Crippen molar-refractivity contribution in [3.8, 4) is 0 Å². The fourth-order valence-electron chi connectivity index (χ4n) is 1.28. The van der Waals surface area contributed by atoms with E-state index >= 15 is 0 Å². The predicted molar refractivity (Wildman–Crippen MR) is 61.0 cm³/mol. The highest BCUT2D eigenvalue weighted by molar-refractivity contribution is 9.25. The third-order valence-corrected chi connectivity index (χ3v) is 3.66. The van der Waals surface area contributed by atoms with Gasteiger partial charge in [-0.2, -0.15) is 0 Å². The van der Waals surface area contributed by atoms with Crippen LogP contribution in [-0.2, 0) is 0 Å². The second-order valence-corrected chi connectivity index (χ2v) is 6.94. The van der Waals surface area contributed by atoms with Crippen LogP contribution in [0.2, 0.25) is 0 Å². The van der Waals surface area contributed by atoms with Crippen molar-refractivity contribution in [3.63, 3.8) is 0 Å². The minimum Gasteiger partial charge on any atom is -0.258 e. The lowest BCUT2D eigenvalue weighted by atomic mass is 10.1. The van der Waals surface area contributed by atoms with Gasteiger partial charge in [-0.05, 0) is 12.0 Å². The molecule has 0 aliphatic heterocycles. The van der Waals surface area contributed by atoms with Gasteiger partial charge >= 0.3 is 0 Å². The number of alkyl halides is 2. The standard InChI is InChI=1S/C9H7Br2NO2/c10-9(11)5-8(9)6-1-3-7(4-2-6)12(13)14/h1-4,8H,5H2/i8D. The molecule has 0 saturated heterocycles. The number of halogens is 2. The Labute approximate surface area is 99.3 Å². The van der Waals surface area contributed by atoms with Crippen molar-refractivity contribution in [2.45, 2.75) is 15.5 Å². The first kappa shape index (κ1) is 8.85. The van der Waals surface area contributed by atoms with Crippen LogP contribution in [0.1, 0.15) is 19.2 Å². The van der Waals surface area contributed by atoms with E-state index in [1.54, 1.807) is 12.1 Å². The summed E-state index contributed by atoms with van der Waals surface area (Å²) >= 11 is 6.78. The van der Waals surface area contributed by atoms with Gasteiger partial charge in [-0.15, -0.1) is 0 Å². The molecule has 1 unspecified atom stereocenters. The zero-order valence-corrected chi connectivity index (χ0v) is 10.2. The van der Waals surface area contributed by atoms with Crippen LogP contribution in [-0.4, -0.2) is 8.16 Å². The highest BCUT2D eigenvalue weighted by Crippen LogP contribution is 2.62. The maximum absolute atomic E-state index is 10.4. The van der Waals surface area contributed by atoms with Crippen molar-refractivity contribution < 1.29 is 6.29 Å². The molecule has 3 nitrogen and oxygen atoms in total. The maximum atomic E-state index is 10.4. The monoisotopic (exact) mass is 320 g/mol. The number of nitro groups is 1. The Morgan fingerprint density at radius 1 is 1.50 bits per heavy atom. The second-order valence-electron chi connectivity index (χ2n) is 3.16. The van der Waals surface area contributed by atoms with E-state index in [1.165, 1.54) is 12.1 Å². The predicted octanol–water partition coefficient (Wildman–Crippen LogP) is 3.57. The molecule has 5 heteroatoms. The Morgan fingerprint density at radius 3 is 2.36 bits per heavy atom. The summed E-state index contributed by atoms with van der Waals surface area (Å²) in [5, 5.41) is 10.4. The van der Waals surface area contributed by atoms with E-state index in [2.05, 4.69) is 31.9 Å². The fraction of sp³-hybridized carbons (Fsp3) is 0.333. The van der Waals surface area contributed by atoms with Crippen LogP contribution in [0.3, 0.4) is 0 Å². The molecule has 1 fully saturated rings. The Morgan fingerprint density at radius 2 is 2.00 bits per heavy atom. The molecule has 2 rings (SSSR count). The van der Waals surface area contributed by atoms with Gasteiger partial charge in [0.1, 0.15) is 0 Å². The van der Waals surface area contributed by atoms with Gasteiger partial charge in [-0.3, -0.25) is 10.1 Å². The summed E-state index contributed by atoms with van der Waals surface area (Å²) in [5.74, 6) is -0.720. The number of nitro benzene ring substituents is 1. The van der Waals surface area contributed by atoms with Gasteiger partial charge in [0.15, 0.2) is 0 Å². The Kier molecular flexibility index (Phi) is 2.09. The fourth-order valence-corrected chi connectivity index (χ4v) is 2.29. The number of nitrogens with zero attached hydrogens (tertiary/aromatic N) is 1. The lowest BCUT2D eigenvalue weighted by molar-refractivity contribution is -0.384. The van der Waals surface area contributed by atoms with E-state index in [0.29, 0.717) is 6.42 Å². The Balaban J connectivity index is 2.30. The van der Waals surface area contributed by atoms with Crippen molar-refractivity contribution in [2.75, 3.05) is 0 Å². The highest BCUT2D eigenvalue weighted by atomic mass is 79.9. The zero-order valence-electron chi connectivity index (χ0n) is 8.04. The molecule has 0 bridgehead atoms. The summed E-state index contributed by atoms with van der Waals surface area (Å²) in [4.78, 5) is 10.0. The van der Waals surface area contributed by atoms with E-state index in [-0.39, 0.29) is 8.92 Å². The number of rotatable bonds is 2. The average molecular weight is 322 g/mol. The molecule has 1 atom stereocenters. The van der Waals surface area contributed by atoms with Crippen molar-refractivity contribution in [1.82, 2.24) is 0 Å². The first-order chi connectivity index (χ1) is 6.87. The van der Waals surface area contributed by atoms with E-state index < -0.39 is 10.8 Å². The maximum Gasteiger partial charge on any atom is 0.269 e. The molecule has 0 spiro atoms. The minimum absolute atomic E-state index is 0.0535. The molecule has 1 aromatic carbocycles. The number of hydrogen-bond acceptors (Lipinski definition) is 2. The molecule has 0 heterocycles. The SMILES string of the molecule is [2H]C1(c2ccc([N+](=O)[O-])cc2)CC1(Br)Br. The van der Waals surface area contributed by atoms with Gasteiger partial charge in [0.25, 0.3) is 5.69 Å². The van der Waals surface area contributed by atoms with Crippen LogP contribution in [0.4, 0.5) is 5.69 Å². The molecule has 0 amide bonds. The van der Waals surface area contributed by atoms with Crippen LogP contribution >= 0.6 is 31.9 Å². The molecule has 1 saturated carbocycles. The largest absolute Gasteiger partial charge is 0.269 e. The molecule has 14 heavy (non-hydrogen) atoms. The van der Waals surface area contributed by atoms with E-state index in [0.717, 1.165) is 5.56 Å². The summed E-state index contributed by atoms with van der Waals surface area (Å²) in [7, 11) is 0. The van der Waals surface area contributed by atoms with Crippen LogP contribution in [0, 0.1) is 10.1 Å². The van der Waals surface area contributed by atoms with Gasteiger partial charge in [0.2, 0.25) is 0 Å². The number of benzene rings is 1. The number of hydrogen-bond donors (Lipinski definition) is 0. The van der Waals surface area contributed by atoms with Crippen LogP contribution in [0.15, 0.2) is 24.3 Å². The van der Waals surface area contributed by atoms with E-state index in [9.17, 15) is 10.1 Å². The molecular weight excluding hydrogens is 314 g/mol. The lowest BCUT2D eigenvalue weighted by Gasteiger charge is -2.00. The minimum atomic E-state index is -0.720. The quantitative estimate of drug-likeness (QED) is 0.475. The Bertz CT molecular complexity index is 421. The lowest BCUT2D eigenvalue weighted by Crippen LogP contribution is -1.90. The van der Waals surface area contributed by atoms with Crippen molar-refractivity contribution in [2.24, 2.45) is 0 Å². The van der Waals surface area contributed by atoms with E-state index in [4.69, 9.17) is 1.37 Å². The highest BCUT2D eigenvalue weighted by Gasteiger charge is 2.51. The zero-order chi connectivity index (χ0) is 11.3. The third kappa shape index (κ3) is 1.83. The van der Waals surface area contributed by atoms with Crippen molar-refractivity contribution in [1.29, 1.82) is 0 Å². The summed E-state index contributed by atoms with van der Waals surface area (Å²) in [6.45, 7) is 0. The second kappa shape index (κ2) is 3.31. The first-order valence-corrected chi connectivity index (χ1v) is 5.58. The normalized spacial score (nSPS) is 29.4. The molecular formula is C9H7Br2NO2. The first-order valence-electron chi connectivity index (χ1n) is 4.50. The van der Waals surface area contributed by atoms with Crippen LogP contribution in [0.5, 0.6) is 0 Å². The number of non-ortho nitro benzene ring substituents is 1. The molecule has 0 radical (unpaired) electrons. The summed E-state index contributed by atoms with van der Waals surface area (Å²) in [6, 6.07) is 6.13. The van der Waals surface area contributed by atoms with Crippen molar-refractivity contribution >= 4 is 37.5 Å². The van der Waals surface area contributed by atoms with Crippen LogP contribution in [0.25, 0.3) is 0 Å². The summed E-state index contributed by atoms with van der Waals surface area (Å²) < 4.78 is 7.72. The Hall–Kier alpha value is -0.420. The smallest absolute Gasteiger partial charge is 0.258 e. The summed E-state index contributed by atoms with van der Waals surface area (Å²) in [5.41, 5.74) is 0.833. The van der Waals surface area contributed by atoms with Crippen LogP contribution < -0.4 is 0 Å². The van der Waals surface area contributed by atoms with Gasteiger partial charge in [-0.25, -0.2) is 0 Å². The van der Waals surface area contributed by atoms with Gasteiger partial charge < -0.3 is 0 Å². The van der Waals surface area contributed by atoms with Gasteiger partial charge in [0.05, 0.1) is 8.16 Å². The molecule has 0 aromatic heterocycles. The van der Waals surface area contributed by atoms with Gasteiger partial charge in [0, 0.05) is 19.4 Å².